The highest BCUT2D eigenvalue weighted by molar-refractivity contribution is 8.06. The molecular formula is C11H16N5O4PS. The van der Waals surface area contributed by atoms with Crippen LogP contribution in [-0.2, 0) is 21.1 Å². The zero-order valence-electron chi connectivity index (χ0n) is 11.8. The largest absolute Gasteiger partial charge is 0.382 e. The van der Waals surface area contributed by atoms with E-state index in [1.165, 1.54) is 6.33 Å². The Labute approximate surface area is 131 Å². The van der Waals surface area contributed by atoms with E-state index in [0.29, 0.717) is 29.8 Å². The van der Waals surface area contributed by atoms with Crippen molar-refractivity contribution >= 4 is 35.5 Å². The Hall–Kier alpha value is -1.16. The molecule has 0 unspecified atom stereocenters. The van der Waals surface area contributed by atoms with Crippen LogP contribution in [0.1, 0.15) is 26.0 Å². The minimum atomic E-state index is -3.69. The van der Waals surface area contributed by atoms with Gasteiger partial charge in [0.2, 0.25) is 0 Å². The number of aromatic nitrogens is 4. The van der Waals surface area contributed by atoms with Crippen molar-refractivity contribution in [2.45, 2.75) is 31.6 Å². The van der Waals surface area contributed by atoms with Crippen LogP contribution in [0.4, 0.5) is 5.82 Å². The van der Waals surface area contributed by atoms with Gasteiger partial charge in [-0.05, 0) is 31.6 Å². The summed E-state index contributed by atoms with van der Waals surface area (Å²) in [6, 6.07) is 0. The maximum atomic E-state index is 9.17. The minimum absolute atomic E-state index is 0.0114. The first kappa shape index (κ1) is 15.7. The van der Waals surface area contributed by atoms with Crippen LogP contribution in [0, 0.1) is 0 Å². The molecule has 11 heteroatoms. The van der Waals surface area contributed by atoms with E-state index in [1.54, 1.807) is 10.9 Å². The lowest BCUT2D eigenvalue weighted by Gasteiger charge is -2.25. The predicted molar refractivity (Wildman–Crippen MR) is 82.2 cm³/mol. The third-order valence-electron chi connectivity index (χ3n) is 3.58. The van der Waals surface area contributed by atoms with Crippen molar-refractivity contribution < 1.29 is 19.0 Å². The highest BCUT2D eigenvalue weighted by atomic mass is 32.5. The quantitative estimate of drug-likeness (QED) is 0.686. The molecule has 120 valence electrons. The van der Waals surface area contributed by atoms with E-state index in [9.17, 15) is 9.79 Å². The molecule has 0 amide bonds. The molecule has 0 aromatic carbocycles. The van der Waals surface area contributed by atoms with E-state index in [1.807, 2.05) is 6.92 Å². The molecule has 1 fully saturated rings. The number of hydrogen-bond acceptors (Lipinski definition) is 7. The van der Waals surface area contributed by atoms with Gasteiger partial charge in [-0.25, -0.2) is 15.0 Å². The summed E-state index contributed by atoms with van der Waals surface area (Å²) in [5, 5.41) is 0. The fourth-order valence-corrected chi connectivity index (χ4v) is 3.08. The summed E-state index contributed by atoms with van der Waals surface area (Å²) in [5.41, 5.74) is 6.23. The van der Waals surface area contributed by atoms with Crippen LogP contribution in [0.3, 0.4) is 0 Å². The Balaban J connectivity index is 1.79. The number of nitrogen functional groups attached to an aromatic ring is 1. The number of nitrogens with two attached hydrogens (primary N) is 1. The Bertz CT molecular complexity index is 749. The van der Waals surface area contributed by atoms with E-state index >= 15 is 0 Å². The lowest BCUT2D eigenvalue weighted by molar-refractivity contribution is -0.0819. The smallest absolute Gasteiger partial charge is 0.321 e. The number of hydrogen-bond donors (Lipinski definition) is 3. The third-order valence-corrected chi connectivity index (χ3v) is 4.36. The van der Waals surface area contributed by atoms with Crippen molar-refractivity contribution in [2.75, 3.05) is 12.3 Å². The predicted octanol–water partition coefficient (Wildman–Crippen LogP) is 0.702. The lowest BCUT2D eigenvalue weighted by Crippen LogP contribution is -2.30. The zero-order valence-corrected chi connectivity index (χ0v) is 13.5. The van der Waals surface area contributed by atoms with Gasteiger partial charge in [-0.3, -0.25) is 4.57 Å². The molecule has 4 N–H and O–H groups in total. The molecule has 9 nitrogen and oxygen atoms in total. The third kappa shape index (κ3) is 3.12. The standard InChI is InChI=1S/C11H16N5O4PS/c1-11(4-19-21(17,18)22)3-2-7(20-11)16-6-15-8-9(12)13-5-14-10(8)16/h5-7H,2-4H2,1H3,(H2,12,13,14)(H2,17,18,22)/t7-,11+/m1/s1. The lowest BCUT2D eigenvalue weighted by atomic mass is 10.0. The Morgan fingerprint density at radius 1 is 1.55 bits per heavy atom. The minimum Gasteiger partial charge on any atom is -0.382 e. The van der Waals surface area contributed by atoms with Crippen LogP contribution in [0.15, 0.2) is 12.7 Å². The summed E-state index contributed by atoms with van der Waals surface area (Å²) in [6.07, 6.45) is 4.07. The van der Waals surface area contributed by atoms with E-state index in [2.05, 4.69) is 26.8 Å². The topological polar surface area (TPSA) is 129 Å². The molecule has 3 rings (SSSR count). The first-order valence-corrected chi connectivity index (χ1v) is 9.21. The number of anilines is 1. The zero-order chi connectivity index (χ0) is 16.0. The number of nitrogens with zero attached hydrogens (tertiary/aromatic N) is 4. The molecule has 0 radical (unpaired) electrons. The fourth-order valence-electron chi connectivity index (χ4n) is 2.48. The molecular weight excluding hydrogens is 329 g/mol. The van der Waals surface area contributed by atoms with Crippen molar-refractivity contribution in [3.05, 3.63) is 12.7 Å². The highest BCUT2D eigenvalue weighted by Gasteiger charge is 2.39. The van der Waals surface area contributed by atoms with Crippen LogP contribution in [0.2, 0.25) is 0 Å². The summed E-state index contributed by atoms with van der Waals surface area (Å²) >= 11 is 4.45. The van der Waals surface area contributed by atoms with Crippen molar-refractivity contribution in [3.8, 4) is 0 Å². The van der Waals surface area contributed by atoms with Gasteiger partial charge < -0.3 is 24.8 Å². The number of imidazole rings is 1. The molecule has 2 aromatic heterocycles. The van der Waals surface area contributed by atoms with Gasteiger partial charge in [0.05, 0.1) is 18.5 Å². The molecule has 0 aliphatic carbocycles. The first-order chi connectivity index (χ1) is 10.3. The van der Waals surface area contributed by atoms with Crippen LogP contribution < -0.4 is 5.73 Å². The Kier molecular flexibility index (Phi) is 3.92. The molecule has 2 atom stereocenters. The van der Waals surface area contributed by atoms with Gasteiger partial charge in [0.15, 0.2) is 11.5 Å². The average molecular weight is 345 g/mol. The van der Waals surface area contributed by atoms with Crippen LogP contribution in [0.5, 0.6) is 0 Å². The molecule has 0 spiro atoms. The van der Waals surface area contributed by atoms with E-state index in [4.69, 9.17) is 15.0 Å². The molecule has 1 saturated heterocycles. The summed E-state index contributed by atoms with van der Waals surface area (Å²) < 4.78 is 12.7. The average Bonchev–Trinajstić information content (AvgIpc) is 3.01. The molecule has 0 saturated carbocycles. The van der Waals surface area contributed by atoms with Crippen LogP contribution in [0.25, 0.3) is 11.2 Å². The van der Waals surface area contributed by atoms with Gasteiger partial charge in [-0.15, -0.1) is 0 Å². The molecule has 22 heavy (non-hydrogen) atoms. The number of fused-ring (bicyclic) bond motifs is 1. The SMILES string of the molecule is C[C@@]1(COP(O)(O)=S)CC[C@H](n2cnc3c(N)ncnc32)O1. The summed E-state index contributed by atoms with van der Waals surface area (Å²) in [6.45, 7) is -1.84. The number of ether oxygens (including phenoxy) is 1. The second-order valence-corrected chi connectivity index (χ2v) is 8.07. The van der Waals surface area contributed by atoms with Gasteiger partial charge >= 0.3 is 6.72 Å². The van der Waals surface area contributed by atoms with Crippen molar-refractivity contribution in [1.29, 1.82) is 0 Å². The van der Waals surface area contributed by atoms with E-state index in [0.717, 1.165) is 0 Å². The molecule has 3 heterocycles. The highest BCUT2D eigenvalue weighted by Crippen LogP contribution is 2.42. The molecule has 2 aromatic rings. The monoisotopic (exact) mass is 345 g/mol. The Morgan fingerprint density at radius 3 is 3.05 bits per heavy atom. The molecule has 0 bridgehead atoms. The van der Waals surface area contributed by atoms with E-state index in [-0.39, 0.29) is 12.8 Å². The van der Waals surface area contributed by atoms with Gasteiger partial charge in [0, 0.05) is 0 Å². The van der Waals surface area contributed by atoms with Crippen molar-refractivity contribution in [2.24, 2.45) is 0 Å². The maximum Gasteiger partial charge on any atom is 0.321 e. The summed E-state index contributed by atoms with van der Waals surface area (Å²) in [4.78, 5) is 30.6. The van der Waals surface area contributed by atoms with Crippen LogP contribution >= 0.6 is 6.72 Å². The normalized spacial score (nSPS) is 25.9. The van der Waals surface area contributed by atoms with Crippen molar-refractivity contribution in [3.63, 3.8) is 0 Å². The van der Waals surface area contributed by atoms with Crippen LogP contribution in [-0.4, -0.2) is 41.5 Å². The van der Waals surface area contributed by atoms with Crippen molar-refractivity contribution in [1.82, 2.24) is 19.5 Å². The Morgan fingerprint density at radius 2 is 2.32 bits per heavy atom. The second kappa shape index (κ2) is 5.48. The van der Waals surface area contributed by atoms with E-state index < -0.39 is 12.3 Å². The van der Waals surface area contributed by atoms with Gasteiger partial charge in [0.25, 0.3) is 0 Å². The van der Waals surface area contributed by atoms with Gasteiger partial charge in [-0.2, -0.15) is 0 Å². The summed E-state index contributed by atoms with van der Waals surface area (Å²) in [7, 11) is 0. The molecule has 1 aliphatic heterocycles. The van der Waals surface area contributed by atoms with Gasteiger partial charge in [0.1, 0.15) is 18.1 Å². The first-order valence-electron chi connectivity index (χ1n) is 6.58. The number of rotatable bonds is 4. The summed E-state index contributed by atoms with van der Waals surface area (Å²) in [5.74, 6) is 0.314. The second-order valence-electron chi connectivity index (χ2n) is 5.41. The molecule has 1 aliphatic rings. The fraction of sp³-hybridized carbons (Fsp3) is 0.545. The maximum absolute atomic E-state index is 9.17. The van der Waals surface area contributed by atoms with Gasteiger partial charge in [-0.1, -0.05) is 0 Å².